The Morgan fingerprint density at radius 1 is 1.53 bits per heavy atom. The van der Waals surface area contributed by atoms with Crippen molar-refractivity contribution in [1.29, 1.82) is 0 Å². The van der Waals surface area contributed by atoms with Gasteiger partial charge in [0.2, 0.25) is 0 Å². The summed E-state index contributed by atoms with van der Waals surface area (Å²) in [6.45, 7) is 2.72. The van der Waals surface area contributed by atoms with Gasteiger partial charge < -0.3 is 4.90 Å². The van der Waals surface area contributed by atoms with E-state index in [0.717, 1.165) is 25.0 Å². The van der Waals surface area contributed by atoms with Crippen LogP contribution >= 0.6 is 22.9 Å². The Kier molecular flexibility index (Phi) is 3.61. The first-order valence-corrected chi connectivity index (χ1v) is 8.09. The summed E-state index contributed by atoms with van der Waals surface area (Å²) in [6.07, 6.45) is 2.99. The van der Waals surface area contributed by atoms with Gasteiger partial charge in [0.15, 0.2) is 0 Å². The number of hydrogen-bond donors (Lipinski definition) is 0. The summed E-state index contributed by atoms with van der Waals surface area (Å²) < 4.78 is 3.92. The highest BCUT2D eigenvalue weighted by molar-refractivity contribution is 7.10. The molecule has 1 amide bonds. The van der Waals surface area contributed by atoms with Crippen molar-refractivity contribution in [2.75, 3.05) is 0 Å². The summed E-state index contributed by atoms with van der Waals surface area (Å²) in [5.74, 6) is 0.0998. The fourth-order valence-electron chi connectivity index (χ4n) is 2.06. The lowest BCUT2D eigenvalue weighted by Crippen LogP contribution is -2.32. The van der Waals surface area contributed by atoms with Gasteiger partial charge in [0.1, 0.15) is 4.88 Å². The van der Waals surface area contributed by atoms with Crippen molar-refractivity contribution >= 4 is 28.8 Å². The van der Waals surface area contributed by atoms with Crippen molar-refractivity contribution in [1.82, 2.24) is 14.5 Å². The Morgan fingerprint density at radius 3 is 3.00 bits per heavy atom. The first-order chi connectivity index (χ1) is 9.29. The summed E-state index contributed by atoms with van der Waals surface area (Å²) in [4.78, 5) is 16.6. The van der Waals surface area contributed by atoms with E-state index >= 15 is 0 Å². The van der Waals surface area contributed by atoms with E-state index in [4.69, 9.17) is 0 Å². The summed E-state index contributed by atoms with van der Waals surface area (Å²) in [5.41, 5.74) is 0.826. The van der Waals surface area contributed by atoms with Gasteiger partial charge in [-0.3, -0.25) is 4.79 Å². The number of rotatable bonds is 5. The molecule has 3 rings (SSSR count). The molecule has 19 heavy (non-hydrogen) atoms. The van der Waals surface area contributed by atoms with E-state index in [1.54, 1.807) is 11.3 Å². The van der Waals surface area contributed by atoms with Crippen molar-refractivity contribution in [2.45, 2.75) is 38.8 Å². The number of amides is 1. The number of aryl methyl sites for hydroxylation is 1. The van der Waals surface area contributed by atoms with Crippen LogP contribution in [0.3, 0.4) is 0 Å². The zero-order valence-corrected chi connectivity index (χ0v) is 12.3. The van der Waals surface area contributed by atoms with Gasteiger partial charge in [-0.25, -0.2) is 0 Å². The third-order valence-electron chi connectivity index (χ3n) is 3.24. The van der Waals surface area contributed by atoms with E-state index in [1.807, 2.05) is 17.9 Å². The van der Waals surface area contributed by atoms with E-state index in [9.17, 15) is 4.79 Å². The van der Waals surface area contributed by atoms with E-state index in [1.165, 1.54) is 16.4 Å². The van der Waals surface area contributed by atoms with Crippen LogP contribution in [0.4, 0.5) is 0 Å². The lowest BCUT2D eigenvalue weighted by Gasteiger charge is -2.21. The second-order valence-corrected chi connectivity index (χ2v) is 6.43. The van der Waals surface area contributed by atoms with Crippen LogP contribution in [-0.2, 0) is 13.0 Å². The van der Waals surface area contributed by atoms with E-state index in [-0.39, 0.29) is 5.91 Å². The molecule has 1 saturated carbocycles. The fraction of sp³-hybridized carbons (Fsp3) is 0.462. The standard InChI is InChI=1S/C13H15N3OS2/c1-2-11-12(19-15-14-11)13(17)16(9-5-6-9)8-10-4-3-7-18-10/h3-4,7,9H,2,5-6,8H2,1H3. The Labute approximate surface area is 120 Å². The Morgan fingerprint density at radius 2 is 2.37 bits per heavy atom. The maximum absolute atomic E-state index is 12.7. The summed E-state index contributed by atoms with van der Waals surface area (Å²) in [7, 11) is 0. The molecular formula is C13H15N3OS2. The van der Waals surface area contributed by atoms with Crippen LogP contribution in [0.2, 0.25) is 0 Å². The number of hydrogen-bond acceptors (Lipinski definition) is 5. The molecule has 0 saturated heterocycles. The highest BCUT2D eigenvalue weighted by Gasteiger charge is 2.34. The minimum absolute atomic E-state index is 0.0998. The largest absolute Gasteiger partial charge is 0.330 e. The number of aromatic nitrogens is 2. The molecule has 1 aliphatic carbocycles. The zero-order valence-electron chi connectivity index (χ0n) is 10.7. The van der Waals surface area contributed by atoms with Crippen molar-refractivity contribution in [3.05, 3.63) is 33.0 Å². The third-order valence-corrected chi connectivity index (χ3v) is 4.86. The maximum Gasteiger partial charge on any atom is 0.268 e. The SMILES string of the molecule is CCc1nnsc1C(=O)N(Cc1cccs1)C1CC1. The first kappa shape index (κ1) is 12.7. The Hall–Kier alpha value is -1.27. The van der Waals surface area contributed by atoms with Gasteiger partial charge >= 0.3 is 0 Å². The average molecular weight is 293 g/mol. The zero-order chi connectivity index (χ0) is 13.2. The smallest absolute Gasteiger partial charge is 0.268 e. The van der Waals surface area contributed by atoms with Crippen LogP contribution in [0.15, 0.2) is 17.5 Å². The van der Waals surface area contributed by atoms with Crippen molar-refractivity contribution in [2.24, 2.45) is 0 Å². The summed E-state index contributed by atoms with van der Waals surface area (Å²) in [5, 5.41) is 6.09. The van der Waals surface area contributed by atoms with Gasteiger partial charge in [0.25, 0.3) is 5.91 Å². The molecule has 0 bridgehead atoms. The van der Waals surface area contributed by atoms with Crippen molar-refractivity contribution in [3.63, 3.8) is 0 Å². The van der Waals surface area contributed by atoms with Gasteiger partial charge in [-0.15, -0.1) is 16.4 Å². The number of nitrogens with zero attached hydrogens (tertiary/aromatic N) is 3. The van der Waals surface area contributed by atoms with Gasteiger partial charge in [0.05, 0.1) is 12.2 Å². The molecule has 0 N–H and O–H groups in total. The maximum atomic E-state index is 12.7. The molecule has 0 aromatic carbocycles. The first-order valence-electron chi connectivity index (χ1n) is 6.44. The molecule has 0 radical (unpaired) electrons. The van der Waals surface area contributed by atoms with Crippen molar-refractivity contribution in [3.8, 4) is 0 Å². The average Bonchev–Trinajstić information content (AvgIpc) is 2.95. The van der Waals surface area contributed by atoms with Crippen LogP contribution in [0.1, 0.15) is 40.0 Å². The van der Waals surface area contributed by atoms with Gasteiger partial charge in [-0.1, -0.05) is 17.5 Å². The topological polar surface area (TPSA) is 46.1 Å². The second-order valence-electron chi connectivity index (χ2n) is 4.65. The molecule has 0 spiro atoms. The number of carbonyl (C=O) groups excluding carboxylic acids is 1. The van der Waals surface area contributed by atoms with Crippen LogP contribution in [-0.4, -0.2) is 26.4 Å². The van der Waals surface area contributed by atoms with E-state index in [0.29, 0.717) is 17.5 Å². The van der Waals surface area contributed by atoms with Crippen molar-refractivity contribution < 1.29 is 4.79 Å². The lowest BCUT2D eigenvalue weighted by molar-refractivity contribution is 0.0735. The van der Waals surface area contributed by atoms with Gasteiger partial charge in [0, 0.05) is 10.9 Å². The molecular weight excluding hydrogens is 278 g/mol. The molecule has 1 fully saturated rings. The quantitative estimate of drug-likeness (QED) is 0.851. The van der Waals surface area contributed by atoms with Gasteiger partial charge in [-0.2, -0.15) is 0 Å². The Balaban J connectivity index is 1.82. The molecule has 0 atom stereocenters. The molecule has 4 nitrogen and oxygen atoms in total. The monoisotopic (exact) mass is 293 g/mol. The molecule has 0 unspecified atom stereocenters. The van der Waals surface area contributed by atoms with Crippen LogP contribution in [0.25, 0.3) is 0 Å². The predicted octanol–water partition coefficient (Wildman–Crippen LogP) is 2.97. The highest BCUT2D eigenvalue weighted by atomic mass is 32.1. The number of thiophene rings is 1. The molecule has 0 aliphatic heterocycles. The molecule has 100 valence electrons. The highest BCUT2D eigenvalue weighted by Crippen LogP contribution is 2.31. The normalized spacial score (nSPS) is 14.6. The summed E-state index contributed by atoms with van der Waals surface area (Å²) >= 11 is 2.92. The van der Waals surface area contributed by atoms with E-state index in [2.05, 4.69) is 21.0 Å². The molecule has 6 heteroatoms. The summed E-state index contributed by atoms with van der Waals surface area (Å²) in [6, 6.07) is 4.52. The molecule has 1 aliphatic rings. The molecule has 2 aromatic rings. The predicted molar refractivity (Wildman–Crippen MR) is 76.5 cm³/mol. The van der Waals surface area contributed by atoms with Crippen LogP contribution in [0, 0.1) is 0 Å². The second kappa shape index (κ2) is 5.38. The number of carbonyl (C=O) groups is 1. The minimum Gasteiger partial charge on any atom is -0.330 e. The van der Waals surface area contributed by atoms with Gasteiger partial charge in [-0.05, 0) is 42.2 Å². The minimum atomic E-state index is 0.0998. The Bertz CT molecular complexity index is 560. The van der Waals surface area contributed by atoms with Crippen LogP contribution in [0.5, 0.6) is 0 Å². The fourth-order valence-corrected chi connectivity index (χ4v) is 3.47. The lowest BCUT2D eigenvalue weighted by atomic mass is 10.2. The van der Waals surface area contributed by atoms with E-state index < -0.39 is 0 Å². The molecule has 2 aromatic heterocycles. The van der Waals surface area contributed by atoms with Crippen LogP contribution < -0.4 is 0 Å². The molecule has 2 heterocycles. The third kappa shape index (κ3) is 2.69.